The summed E-state index contributed by atoms with van der Waals surface area (Å²) < 4.78 is 0. The van der Waals surface area contributed by atoms with Crippen LogP contribution in [-0.2, 0) is 4.79 Å². The molecule has 104 valence electrons. The third-order valence-corrected chi connectivity index (χ3v) is 3.92. The molecule has 1 aromatic rings. The van der Waals surface area contributed by atoms with Crippen LogP contribution in [-0.4, -0.2) is 18.5 Å². The fourth-order valence-corrected chi connectivity index (χ4v) is 2.97. The van der Waals surface area contributed by atoms with Gasteiger partial charge in [-0.2, -0.15) is 0 Å². The van der Waals surface area contributed by atoms with Gasteiger partial charge in [0.05, 0.1) is 0 Å². The molecule has 1 saturated heterocycles. The number of amides is 1. The first kappa shape index (κ1) is 14.1. The molecular weight excluding hydrogens is 236 g/mol. The molecule has 1 heterocycles. The normalized spacial score (nSPS) is 23.2. The van der Waals surface area contributed by atoms with Crippen LogP contribution in [0, 0.1) is 26.7 Å². The van der Waals surface area contributed by atoms with E-state index in [1.54, 1.807) is 0 Å². The van der Waals surface area contributed by atoms with E-state index in [-0.39, 0.29) is 11.8 Å². The molecule has 1 aromatic carbocycles. The molecule has 1 amide bonds. The minimum Gasteiger partial charge on any atom is -0.325 e. The van der Waals surface area contributed by atoms with Crippen LogP contribution in [0.15, 0.2) is 12.1 Å². The summed E-state index contributed by atoms with van der Waals surface area (Å²) in [6.45, 7) is 9.27. The Morgan fingerprint density at radius 1 is 1.26 bits per heavy atom. The second-order valence-electron chi connectivity index (χ2n) is 5.84. The fraction of sp³-hybridized carbons (Fsp3) is 0.562. The first-order chi connectivity index (χ1) is 8.97. The van der Waals surface area contributed by atoms with Gasteiger partial charge in [0.25, 0.3) is 0 Å². The molecule has 0 spiro atoms. The Bertz CT molecular complexity index is 459. The molecule has 0 aromatic heterocycles. The summed E-state index contributed by atoms with van der Waals surface area (Å²) in [5.74, 6) is 0.305. The van der Waals surface area contributed by atoms with Crippen molar-refractivity contribution >= 4 is 11.6 Å². The molecule has 0 saturated carbocycles. The number of hydrogen-bond donors (Lipinski definition) is 2. The number of anilines is 1. The van der Waals surface area contributed by atoms with Gasteiger partial charge >= 0.3 is 0 Å². The van der Waals surface area contributed by atoms with E-state index in [0.29, 0.717) is 6.04 Å². The zero-order valence-corrected chi connectivity index (χ0v) is 12.3. The van der Waals surface area contributed by atoms with Gasteiger partial charge in [-0.15, -0.1) is 0 Å². The molecule has 0 aliphatic carbocycles. The van der Waals surface area contributed by atoms with Crippen LogP contribution >= 0.6 is 0 Å². The highest BCUT2D eigenvalue weighted by Crippen LogP contribution is 2.24. The molecule has 3 nitrogen and oxygen atoms in total. The zero-order valence-electron chi connectivity index (χ0n) is 12.3. The molecule has 0 unspecified atom stereocenters. The van der Waals surface area contributed by atoms with Crippen molar-refractivity contribution in [2.45, 2.75) is 46.6 Å². The van der Waals surface area contributed by atoms with E-state index >= 15 is 0 Å². The highest BCUT2D eigenvalue weighted by molar-refractivity contribution is 5.94. The number of aryl methyl sites for hydroxylation is 3. The highest BCUT2D eigenvalue weighted by atomic mass is 16.1. The first-order valence-corrected chi connectivity index (χ1v) is 7.09. The minimum atomic E-state index is 0.136. The largest absolute Gasteiger partial charge is 0.325 e. The summed E-state index contributed by atoms with van der Waals surface area (Å²) in [6.07, 6.45) is 1.86. The lowest BCUT2D eigenvalue weighted by atomic mass is 9.92. The maximum atomic E-state index is 12.4. The zero-order chi connectivity index (χ0) is 14.0. The van der Waals surface area contributed by atoms with E-state index in [9.17, 15) is 4.79 Å². The topological polar surface area (TPSA) is 41.1 Å². The molecule has 3 heteroatoms. The predicted octanol–water partition coefficient (Wildman–Crippen LogP) is 2.94. The summed E-state index contributed by atoms with van der Waals surface area (Å²) in [7, 11) is 0. The van der Waals surface area contributed by atoms with Gasteiger partial charge in [-0.3, -0.25) is 4.79 Å². The van der Waals surface area contributed by atoms with Crippen molar-refractivity contribution in [3.05, 3.63) is 28.8 Å². The van der Waals surface area contributed by atoms with Gasteiger partial charge in [0.1, 0.15) is 0 Å². The molecule has 1 aliphatic rings. The summed E-state index contributed by atoms with van der Waals surface area (Å²) in [4.78, 5) is 12.4. The molecule has 2 rings (SSSR count). The molecule has 0 radical (unpaired) electrons. The van der Waals surface area contributed by atoms with E-state index in [0.717, 1.165) is 36.2 Å². The summed E-state index contributed by atoms with van der Waals surface area (Å²) in [5, 5.41) is 6.51. The molecule has 0 bridgehead atoms. The minimum absolute atomic E-state index is 0.136. The summed E-state index contributed by atoms with van der Waals surface area (Å²) in [5.41, 5.74) is 4.52. The number of carbonyl (C=O) groups excluding carboxylic acids is 1. The van der Waals surface area contributed by atoms with Gasteiger partial charge in [-0.05, 0) is 58.2 Å². The van der Waals surface area contributed by atoms with E-state index in [1.807, 2.05) is 0 Å². The third kappa shape index (κ3) is 3.35. The quantitative estimate of drug-likeness (QED) is 0.858. The Kier molecular flexibility index (Phi) is 4.25. The Morgan fingerprint density at radius 2 is 1.89 bits per heavy atom. The molecule has 1 aliphatic heterocycles. The molecule has 19 heavy (non-hydrogen) atoms. The van der Waals surface area contributed by atoms with Gasteiger partial charge in [0.2, 0.25) is 5.91 Å². The van der Waals surface area contributed by atoms with Crippen LogP contribution in [0.4, 0.5) is 5.69 Å². The Labute approximate surface area is 115 Å². The monoisotopic (exact) mass is 260 g/mol. The van der Waals surface area contributed by atoms with Gasteiger partial charge in [-0.1, -0.05) is 17.7 Å². The highest BCUT2D eigenvalue weighted by Gasteiger charge is 2.25. The van der Waals surface area contributed by atoms with Crippen LogP contribution in [0.3, 0.4) is 0 Å². The average molecular weight is 260 g/mol. The van der Waals surface area contributed by atoms with Crippen LogP contribution in [0.5, 0.6) is 0 Å². The lowest BCUT2D eigenvalue weighted by molar-refractivity contribution is -0.120. The van der Waals surface area contributed by atoms with Crippen molar-refractivity contribution in [3.8, 4) is 0 Å². The second-order valence-corrected chi connectivity index (χ2v) is 5.84. The van der Waals surface area contributed by atoms with Gasteiger partial charge in [-0.25, -0.2) is 0 Å². The number of piperidine rings is 1. The van der Waals surface area contributed by atoms with Crippen molar-refractivity contribution in [1.82, 2.24) is 5.32 Å². The van der Waals surface area contributed by atoms with Crippen LogP contribution in [0.1, 0.15) is 36.5 Å². The lowest BCUT2D eigenvalue weighted by Crippen LogP contribution is -2.40. The lowest BCUT2D eigenvalue weighted by Gasteiger charge is -2.27. The van der Waals surface area contributed by atoms with Crippen LogP contribution < -0.4 is 10.6 Å². The molecule has 1 fully saturated rings. The van der Waals surface area contributed by atoms with Crippen molar-refractivity contribution in [3.63, 3.8) is 0 Å². The number of hydrogen-bond acceptors (Lipinski definition) is 2. The maximum absolute atomic E-state index is 12.4. The van der Waals surface area contributed by atoms with E-state index in [4.69, 9.17) is 0 Å². The van der Waals surface area contributed by atoms with Crippen LogP contribution in [0.25, 0.3) is 0 Å². The molecular formula is C16H24N2O. The summed E-state index contributed by atoms with van der Waals surface area (Å²) >= 11 is 0. The fourth-order valence-electron chi connectivity index (χ4n) is 2.97. The van der Waals surface area contributed by atoms with Gasteiger partial charge in [0, 0.05) is 17.6 Å². The van der Waals surface area contributed by atoms with Crippen molar-refractivity contribution in [2.24, 2.45) is 5.92 Å². The standard InChI is InChI=1S/C16H24N2O/c1-10-7-11(2)15(12(3)8-10)18-16(19)14-5-6-17-13(4)9-14/h7-8,13-14,17H,5-6,9H2,1-4H3,(H,18,19)/t13-,14-/m0/s1. The number of nitrogens with one attached hydrogen (secondary N) is 2. The molecule has 2 N–H and O–H groups in total. The van der Waals surface area contributed by atoms with Crippen molar-refractivity contribution in [2.75, 3.05) is 11.9 Å². The number of benzene rings is 1. The predicted molar refractivity (Wildman–Crippen MR) is 79.5 cm³/mol. The van der Waals surface area contributed by atoms with Gasteiger partial charge < -0.3 is 10.6 Å². The van der Waals surface area contributed by atoms with Crippen molar-refractivity contribution in [1.29, 1.82) is 0 Å². The van der Waals surface area contributed by atoms with E-state index < -0.39 is 0 Å². The Morgan fingerprint density at radius 3 is 2.47 bits per heavy atom. The van der Waals surface area contributed by atoms with E-state index in [1.165, 1.54) is 5.56 Å². The van der Waals surface area contributed by atoms with Crippen LogP contribution in [0.2, 0.25) is 0 Å². The Balaban J connectivity index is 2.10. The SMILES string of the molecule is Cc1cc(C)c(NC(=O)[C@H]2CCN[C@@H](C)C2)c(C)c1. The third-order valence-electron chi connectivity index (χ3n) is 3.92. The first-order valence-electron chi connectivity index (χ1n) is 7.09. The smallest absolute Gasteiger partial charge is 0.227 e. The average Bonchev–Trinajstić information content (AvgIpc) is 2.33. The Hall–Kier alpha value is -1.35. The maximum Gasteiger partial charge on any atom is 0.227 e. The van der Waals surface area contributed by atoms with E-state index in [2.05, 4.69) is 50.5 Å². The molecule has 2 atom stereocenters. The number of carbonyl (C=O) groups is 1. The number of rotatable bonds is 2. The summed E-state index contributed by atoms with van der Waals surface area (Å²) in [6, 6.07) is 4.67. The van der Waals surface area contributed by atoms with Gasteiger partial charge in [0.15, 0.2) is 0 Å². The second kappa shape index (κ2) is 5.74. The van der Waals surface area contributed by atoms with Crippen molar-refractivity contribution < 1.29 is 4.79 Å².